The number of hydrogen-bond acceptors (Lipinski definition) is 2. The van der Waals surface area contributed by atoms with Crippen molar-refractivity contribution in [1.82, 2.24) is 4.90 Å². The summed E-state index contributed by atoms with van der Waals surface area (Å²) in [6.07, 6.45) is 12.3. The minimum absolute atomic E-state index is 0.182. The lowest BCUT2D eigenvalue weighted by atomic mass is 10.00. The first-order chi connectivity index (χ1) is 12.7. The molecular weight excluding hydrogens is 322 g/mol. The number of aliphatic hydroxyl groups is 1. The molecule has 1 unspecified atom stereocenters. The Bertz CT molecular complexity index is 461. The van der Waals surface area contributed by atoms with Gasteiger partial charge in [0.1, 0.15) is 0 Å². The number of benzene rings is 1. The number of amides is 1. The van der Waals surface area contributed by atoms with E-state index in [-0.39, 0.29) is 12.5 Å². The Kier molecular flexibility index (Phi) is 12.9. The minimum atomic E-state index is 0.182. The molecule has 26 heavy (non-hydrogen) atoms. The maximum atomic E-state index is 13.2. The van der Waals surface area contributed by atoms with Gasteiger partial charge in [-0.25, -0.2) is 0 Å². The molecule has 1 rings (SSSR count). The molecule has 1 aromatic carbocycles. The molecule has 148 valence electrons. The average Bonchev–Trinajstić information content (AvgIpc) is 2.68. The largest absolute Gasteiger partial charge is 0.396 e. The smallest absolute Gasteiger partial charge is 0.254 e. The van der Waals surface area contributed by atoms with E-state index in [9.17, 15) is 4.79 Å². The summed E-state index contributed by atoms with van der Waals surface area (Å²) in [6, 6.07) is 10.1. The third-order valence-electron chi connectivity index (χ3n) is 5.04. The normalized spacial score (nSPS) is 12.1. The summed E-state index contributed by atoms with van der Waals surface area (Å²) < 4.78 is 0. The predicted octanol–water partition coefficient (Wildman–Crippen LogP) is 5.82. The zero-order valence-corrected chi connectivity index (χ0v) is 17.0. The van der Waals surface area contributed by atoms with Gasteiger partial charge in [-0.1, -0.05) is 77.0 Å². The van der Waals surface area contributed by atoms with E-state index in [4.69, 9.17) is 5.11 Å². The monoisotopic (exact) mass is 361 g/mol. The van der Waals surface area contributed by atoms with Crippen molar-refractivity contribution in [1.29, 1.82) is 0 Å². The third-order valence-corrected chi connectivity index (χ3v) is 5.04. The number of aliphatic hydroxyl groups excluding tert-OH is 1. The van der Waals surface area contributed by atoms with E-state index in [1.165, 1.54) is 25.7 Å². The Hall–Kier alpha value is -1.35. The van der Waals surface area contributed by atoms with Gasteiger partial charge in [0, 0.05) is 24.8 Å². The number of nitrogens with zero attached hydrogens (tertiary/aromatic N) is 1. The van der Waals surface area contributed by atoms with E-state index >= 15 is 0 Å². The summed E-state index contributed by atoms with van der Waals surface area (Å²) in [6.45, 7) is 5.55. The van der Waals surface area contributed by atoms with Crippen molar-refractivity contribution < 1.29 is 9.90 Å². The zero-order valence-electron chi connectivity index (χ0n) is 17.0. The van der Waals surface area contributed by atoms with Crippen molar-refractivity contribution in [2.24, 2.45) is 0 Å². The van der Waals surface area contributed by atoms with Crippen LogP contribution < -0.4 is 0 Å². The molecule has 0 spiro atoms. The highest BCUT2D eigenvalue weighted by Crippen LogP contribution is 2.20. The molecule has 1 N–H and O–H groups in total. The average molecular weight is 362 g/mol. The maximum Gasteiger partial charge on any atom is 0.254 e. The van der Waals surface area contributed by atoms with Crippen LogP contribution in [0.1, 0.15) is 94.8 Å². The van der Waals surface area contributed by atoms with Crippen molar-refractivity contribution >= 4 is 5.91 Å². The molecule has 0 heterocycles. The van der Waals surface area contributed by atoms with Crippen molar-refractivity contribution in [3.8, 4) is 0 Å². The summed E-state index contributed by atoms with van der Waals surface area (Å²) in [4.78, 5) is 15.3. The first kappa shape index (κ1) is 22.7. The first-order valence-electron chi connectivity index (χ1n) is 10.7. The van der Waals surface area contributed by atoms with Crippen LogP contribution in [0.2, 0.25) is 0 Å². The van der Waals surface area contributed by atoms with Crippen LogP contribution >= 0.6 is 0 Å². The molecule has 0 radical (unpaired) electrons. The lowest BCUT2D eigenvalue weighted by Crippen LogP contribution is -2.41. The van der Waals surface area contributed by atoms with Crippen LogP contribution in [0.5, 0.6) is 0 Å². The zero-order chi connectivity index (χ0) is 19.0. The molecule has 1 aromatic rings. The van der Waals surface area contributed by atoms with Gasteiger partial charge in [-0.15, -0.1) is 0 Å². The van der Waals surface area contributed by atoms with Crippen molar-refractivity contribution in [2.75, 3.05) is 13.2 Å². The van der Waals surface area contributed by atoms with Crippen LogP contribution in [0.3, 0.4) is 0 Å². The van der Waals surface area contributed by atoms with Gasteiger partial charge in [0.25, 0.3) is 5.91 Å². The number of unbranched alkanes of at least 4 members (excludes halogenated alkanes) is 6. The molecule has 0 saturated heterocycles. The summed E-state index contributed by atoms with van der Waals surface area (Å²) >= 11 is 0. The Morgan fingerprint density at radius 3 is 2.23 bits per heavy atom. The lowest BCUT2D eigenvalue weighted by Gasteiger charge is -2.32. The van der Waals surface area contributed by atoms with Crippen LogP contribution in [-0.2, 0) is 0 Å². The second kappa shape index (κ2) is 14.8. The highest BCUT2D eigenvalue weighted by Gasteiger charge is 2.23. The molecule has 0 bridgehead atoms. The molecule has 1 atom stereocenters. The number of carbonyl (C=O) groups excluding carboxylic acids is 1. The van der Waals surface area contributed by atoms with Crippen LogP contribution in [0.25, 0.3) is 0 Å². The standard InChI is InChI=1S/C23H39NO2/c1-3-5-6-12-18-22(15-4-2)24(19-13-7-8-14-20-25)23(26)21-16-10-9-11-17-21/h9-11,16-17,22,25H,3-8,12-15,18-20H2,1-2H3. The van der Waals surface area contributed by atoms with Gasteiger partial charge >= 0.3 is 0 Å². The summed E-state index contributed by atoms with van der Waals surface area (Å²) in [7, 11) is 0. The molecule has 0 aromatic heterocycles. The van der Waals surface area contributed by atoms with Gasteiger partial charge < -0.3 is 10.0 Å². The molecule has 3 heteroatoms. The van der Waals surface area contributed by atoms with Crippen molar-refractivity contribution in [3.05, 3.63) is 35.9 Å². The Balaban J connectivity index is 2.75. The van der Waals surface area contributed by atoms with Gasteiger partial charge in [-0.2, -0.15) is 0 Å². The van der Waals surface area contributed by atoms with E-state index in [2.05, 4.69) is 18.7 Å². The first-order valence-corrected chi connectivity index (χ1v) is 10.7. The molecule has 1 amide bonds. The second-order valence-corrected chi connectivity index (χ2v) is 7.29. The van der Waals surface area contributed by atoms with E-state index in [1.807, 2.05) is 30.3 Å². The van der Waals surface area contributed by atoms with Gasteiger partial charge in [0.2, 0.25) is 0 Å². The molecule has 0 aliphatic heterocycles. The fraction of sp³-hybridized carbons (Fsp3) is 0.696. The van der Waals surface area contributed by atoms with Crippen LogP contribution in [-0.4, -0.2) is 35.1 Å². The topological polar surface area (TPSA) is 40.5 Å². The highest BCUT2D eigenvalue weighted by atomic mass is 16.2. The number of rotatable bonds is 15. The Labute approximate surface area is 160 Å². The maximum absolute atomic E-state index is 13.2. The minimum Gasteiger partial charge on any atom is -0.396 e. The Morgan fingerprint density at radius 1 is 0.885 bits per heavy atom. The van der Waals surface area contributed by atoms with Crippen molar-refractivity contribution in [3.63, 3.8) is 0 Å². The molecular formula is C23H39NO2. The SMILES string of the molecule is CCCCCCC(CCC)N(CCCCCCO)C(=O)c1ccccc1. The van der Waals surface area contributed by atoms with E-state index < -0.39 is 0 Å². The van der Waals surface area contributed by atoms with Crippen molar-refractivity contribution in [2.45, 2.75) is 90.5 Å². The summed E-state index contributed by atoms with van der Waals surface area (Å²) in [5, 5.41) is 8.95. The third kappa shape index (κ3) is 8.84. The molecule has 0 saturated carbocycles. The van der Waals surface area contributed by atoms with E-state index in [0.717, 1.165) is 57.1 Å². The lowest BCUT2D eigenvalue weighted by molar-refractivity contribution is 0.0649. The summed E-state index contributed by atoms with van der Waals surface area (Å²) in [5.74, 6) is 0.182. The Morgan fingerprint density at radius 2 is 1.58 bits per heavy atom. The van der Waals surface area contributed by atoms with Gasteiger partial charge in [-0.05, 0) is 37.8 Å². The molecule has 3 nitrogen and oxygen atoms in total. The highest BCUT2D eigenvalue weighted by molar-refractivity contribution is 5.94. The van der Waals surface area contributed by atoms with E-state index in [1.54, 1.807) is 0 Å². The fourth-order valence-corrected chi connectivity index (χ4v) is 3.54. The van der Waals surface area contributed by atoms with Gasteiger partial charge in [0.15, 0.2) is 0 Å². The fourth-order valence-electron chi connectivity index (χ4n) is 3.54. The van der Waals surface area contributed by atoms with Crippen LogP contribution in [0.15, 0.2) is 30.3 Å². The number of hydrogen-bond donors (Lipinski definition) is 1. The quantitative estimate of drug-likeness (QED) is 0.400. The van der Waals surface area contributed by atoms with Crippen LogP contribution in [0.4, 0.5) is 0 Å². The van der Waals surface area contributed by atoms with Gasteiger partial charge in [-0.3, -0.25) is 4.79 Å². The van der Waals surface area contributed by atoms with Crippen LogP contribution in [0, 0.1) is 0 Å². The van der Waals surface area contributed by atoms with E-state index in [0.29, 0.717) is 6.04 Å². The second-order valence-electron chi connectivity index (χ2n) is 7.29. The molecule has 0 aliphatic carbocycles. The number of carbonyl (C=O) groups is 1. The molecule has 0 fully saturated rings. The van der Waals surface area contributed by atoms with Gasteiger partial charge in [0.05, 0.1) is 0 Å². The molecule has 0 aliphatic rings. The predicted molar refractivity (Wildman–Crippen MR) is 110 cm³/mol. The summed E-state index contributed by atoms with van der Waals surface area (Å²) in [5.41, 5.74) is 0.803.